The van der Waals surface area contributed by atoms with E-state index in [1.807, 2.05) is 42.7 Å². The molecule has 0 spiro atoms. The number of rotatable bonds is 4. The maximum atomic E-state index is 12.5. The predicted octanol–water partition coefficient (Wildman–Crippen LogP) is 2.47. The van der Waals surface area contributed by atoms with E-state index in [9.17, 15) is 4.79 Å². The molecular formula is C15H20N2O. The van der Waals surface area contributed by atoms with Crippen molar-refractivity contribution in [3.8, 4) is 0 Å². The van der Waals surface area contributed by atoms with Gasteiger partial charge in [0.15, 0.2) is 0 Å². The molecule has 0 saturated heterocycles. The summed E-state index contributed by atoms with van der Waals surface area (Å²) >= 11 is 0. The third-order valence-corrected chi connectivity index (χ3v) is 3.19. The summed E-state index contributed by atoms with van der Waals surface area (Å²) in [5, 5.41) is 1.12. The van der Waals surface area contributed by atoms with Crippen molar-refractivity contribution in [1.82, 2.24) is 4.57 Å². The van der Waals surface area contributed by atoms with Crippen LogP contribution in [0.3, 0.4) is 0 Å². The Bertz CT molecular complexity index is 599. The second kappa shape index (κ2) is 5.36. The van der Waals surface area contributed by atoms with Gasteiger partial charge in [-0.25, -0.2) is 0 Å². The first-order valence-electron chi connectivity index (χ1n) is 6.48. The molecule has 0 atom stereocenters. The molecule has 0 aliphatic rings. The summed E-state index contributed by atoms with van der Waals surface area (Å²) in [5.41, 5.74) is 7.53. The van der Waals surface area contributed by atoms with E-state index in [-0.39, 0.29) is 11.6 Å². The van der Waals surface area contributed by atoms with Crippen molar-refractivity contribution in [3.05, 3.63) is 46.2 Å². The van der Waals surface area contributed by atoms with E-state index in [0.29, 0.717) is 6.54 Å². The zero-order valence-corrected chi connectivity index (χ0v) is 11.0. The van der Waals surface area contributed by atoms with Gasteiger partial charge in [-0.3, -0.25) is 4.79 Å². The third kappa shape index (κ3) is 2.31. The van der Waals surface area contributed by atoms with Crippen molar-refractivity contribution in [1.29, 1.82) is 0 Å². The van der Waals surface area contributed by atoms with Crippen LogP contribution in [0.15, 0.2) is 35.1 Å². The average Bonchev–Trinajstić information content (AvgIpc) is 2.35. The number of aryl methyl sites for hydroxylation is 1. The number of nitrogens with two attached hydrogens (primary N) is 1. The molecule has 3 heteroatoms. The zero-order chi connectivity index (χ0) is 13.1. The van der Waals surface area contributed by atoms with Crippen LogP contribution in [0.1, 0.15) is 31.9 Å². The topological polar surface area (TPSA) is 48.0 Å². The first kappa shape index (κ1) is 12.8. The highest BCUT2D eigenvalue weighted by molar-refractivity contribution is 5.79. The van der Waals surface area contributed by atoms with Crippen LogP contribution in [-0.4, -0.2) is 11.1 Å². The van der Waals surface area contributed by atoms with E-state index in [0.717, 1.165) is 29.3 Å². The monoisotopic (exact) mass is 244 g/mol. The molecule has 1 heterocycles. The highest BCUT2D eigenvalue weighted by Crippen LogP contribution is 2.17. The first-order chi connectivity index (χ1) is 8.65. The number of para-hydroxylation sites is 1. The summed E-state index contributed by atoms with van der Waals surface area (Å²) in [6.07, 6.45) is 1.61. The fourth-order valence-corrected chi connectivity index (χ4v) is 2.33. The number of pyridine rings is 1. The molecule has 0 unspecified atom stereocenters. The summed E-state index contributed by atoms with van der Waals surface area (Å²) in [4.78, 5) is 12.5. The van der Waals surface area contributed by atoms with Crippen LogP contribution in [0.2, 0.25) is 0 Å². The lowest BCUT2D eigenvalue weighted by atomic mass is 10.1. The smallest absolute Gasteiger partial charge is 0.254 e. The van der Waals surface area contributed by atoms with Crippen LogP contribution >= 0.6 is 0 Å². The number of nitrogens with zero attached hydrogens (tertiary/aromatic N) is 1. The molecule has 2 rings (SSSR count). The molecule has 0 amide bonds. The number of aromatic nitrogens is 1. The molecule has 0 aliphatic carbocycles. The van der Waals surface area contributed by atoms with Gasteiger partial charge in [-0.05, 0) is 50.8 Å². The average molecular weight is 244 g/mol. The molecule has 18 heavy (non-hydrogen) atoms. The van der Waals surface area contributed by atoms with Gasteiger partial charge in [0.05, 0.1) is 5.52 Å². The van der Waals surface area contributed by atoms with Crippen LogP contribution < -0.4 is 11.3 Å². The van der Waals surface area contributed by atoms with Crippen LogP contribution in [0.25, 0.3) is 10.9 Å². The van der Waals surface area contributed by atoms with Crippen LogP contribution in [0.5, 0.6) is 0 Å². The van der Waals surface area contributed by atoms with E-state index < -0.39 is 0 Å². The Kier molecular flexibility index (Phi) is 3.82. The Hall–Kier alpha value is -1.61. The number of hydrogen-bond donors (Lipinski definition) is 1. The van der Waals surface area contributed by atoms with E-state index >= 15 is 0 Å². The first-order valence-corrected chi connectivity index (χ1v) is 6.48. The van der Waals surface area contributed by atoms with Gasteiger partial charge < -0.3 is 10.3 Å². The summed E-state index contributed by atoms with van der Waals surface area (Å²) in [6, 6.07) is 10.2. The predicted molar refractivity (Wildman–Crippen MR) is 76.0 cm³/mol. The molecule has 1 aromatic heterocycles. The lowest BCUT2D eigenvalue weighted by molar-refractivity contribution is 0.594. The van der Waals surface area contributed by atoms with Crippen LogP contribution in [0, 0.1) is 0 Å². The van der Waals surface area contributed by atoms with Gasteiger partial charge in [0.1, 0.15) is 0 Å². The fraction of sp³-hybridized carbons (Fsp3) is 0.400. The largest absolute Gasteiger partial charge is 0.330 e. The summed E-state index contributed by atoms with van der Waals surface area (Å²) in [5.74, 6) is 0. The molecule has 0 radical (unpaired) electrons. The highest BCUT2D eigenvalue weighted by atomic mass is 16.1. The molecule has 0 saturated carbocycles. The van der Waals surface area contributed by atoms with Crippen LogP contribution in [-0.2, 0) is 6.42 Å². The minimum absolute atomic E-state index is 0.122. The Morgan fingerprint density at radius 3 is 2.67 bits per heavy atom. The molecule has 1 aromatic carbocycles. The summed E-state index contributed by atoms with van der Waals surface area (Å²) in [7, 11) is 0. The molecular weight excluding hydrogens is 224 g/mol. The van der Waals surface area contributed by atoms with Crippen molar-refractivity contribution in [3.63, 3.8) is 0 Å². The molecule has 96 valence electrons. The quantitative estimate of drug-likeness (QED) is 0.898. The molecule has 0 aliphatic heterocycles. The van der Waals surface area contributed by atoms with E-state index in [2.05, 4.69) is 6.07 Å². The van der Waals surface area contributed by atoms with Gasteiger partial charge in [-0.15, -0.1) is 0 Å². The molecule has 0 bridgehead atoms. The van der Waals surface area contributed by atoms with Gasteiger partial charge >= 0.3 is 0 Å². The Morgan fingerprint density at radius 2 is 2.00 bits per heavy atom. The molecule has 2 N–H and O–H groups in total. The van der Waals surface area contributed by atoms with Crippen molar-refractivity contribution in [2.24, 2.45) is 5.73 Å². The molecule has 3 nitrogen and oxygen atoms in total. The Morgan fingerprint density at radius 1 is 1.28 bits per heavy atom. The second-order valence-electron chi connectivity index (χ2n) is 4.89. The highest BCUT2D eigenvalue weighted by Gasteiger charge is 2.10. The minimum Gasteiger partial charge on any atom is -0.330 e. The fourth-order valence-electron chi connectivity index (χ4n) is 2.33. The number of benzene rings is 1. The standard InChI is InChI=1S/C15H20N2O/c1-11(2)17-14-8-4-3-6-12(14)10-13(15(17)18)7-5-9-16/h3-4,6,8,10-11H,5,7,9,16H2,1-2H3. The van der Waals surface area contributed by atoms with Crippen molar-refractivity contribution >= 4 is 10.9 Å². The maximum Gasteiger partial charge on any atom is 0.254 e. The van der Waals surface area contributed by atoms with Gasteiger partial charge in [0.25, 0.3) is 5.56 Å². The Labute approximate surface area is 107 Å². The number of fused-ring (bicyclic) bond motifs is 1. The third-order valence-electron chi connectivity index (χ3n) is 3.19. The van der Waals surface area contributed by atoms with Crippen molar-refractivity contribution in [2.75, 3.05) is 6.54 Å². The maximum absolute atomic E-state index is 12.5. The lowest BCUT2D eigenvalue weighted by Gasteiger charge is -2.16. The Balaban J connectivity index is 2.68. The summed E-state index contributed by atoms with van der Waals surface area (Å²) < 4.78 is 1.88. The second-order valence-corrected chi connectivity index (χ2v) is 4.89. The summed E-state index contributed by atoms with van der Waals surface area (Å²) in [6.45, 7) is 4.70. The van der Waals surface area contributed by atoms with Gasteiger partial charge in [-0.2, -0.15) is 0 Å². The zero-order valence-electron chi connectivity index (χ0n) is 11.0. The SMILES string of the molecule is CC(C)n1c(=O)c(CCCN)cc2ccccc21. The van der Waals surface area contributed by atoms with Gasteiger partial charge in [0.2, 0.25) is 0 Å². The number of hydrogen-bond acceptors (Lipinski definition) is 2. The van der Waals surface area contributed by atoms with Crippen molar-refractivity contribution in [2.45, 2.75) is 32.7 Å². The normalized spacial score (nSPS) is 11.3. The van der Waals surface area contributed by atoms with E-state index in [1.165, 1.54) is 0 Å². The van der Waals surface area contributed by atoms with Crippen molar-refractivity contribution < 1.29 is 0 Å². The van der Waals surface area contributed by atoms with Gasteiger partial charge in [-0.1, -0.05) is 18.2 Å². The molecule has 2 aromatic rings. The van der Waals surface area contributed by atoms with Gasteiger partial charge in [0, 0.05) is 11.6 Å². The van der Waals surface area contributed by atoms with Crippen LogP contribution in [0.4, 0.5) is 0 Å². The lowest BCUT2D eigenvalue weighted by Crippen LogP contribution is -2.26. The minimum atomic E-state index is 0.122. The van der Waals surface area contributed by atoms with E-state index in [1.54, 1.807) is 0 Å². The molecule has 0 fully saturated rings. The van der Waals surface area contributed by atoms with E-state index in [4.69, 9.17) is 5.73 Å².